The van der Waals surface area contributed by atoms with Crippen LogP contribution < -0.4 is 10.3 Å². The fourth-order valence-corrected chi connectivity index (χ4v) is 4.21. The fourth-order valence-electron chi connectivity index (χ4n) is 3.13. The average molecular weight is 439 g/mol. The number of rotatable bonds is 6. The third kappa shape index (κ3) is 3.88. The minimum Gasteiger partial charge on any atom is -0.472 e. The Bertz CT molecular complexity index is 1280. The lowest BCUT2D eigenvalue weighted by Gasteiger charge is -2.09. The number of benzene rings is 2. The van der Waals surface area contributed by atoms with Crippen molar-refractivity contribution >= 4 is 33.7 Å². The summed E-state index contributed by atoms with van der Waals surface area (Å²) in [5.74, 6) is 0.269. The van der Waals surface area contributed by atoms with Gasteiger partial charge in [-0.25, -0.2) is 0 Å². The smallest absolute Gasteiger partial charge is 0.265 e. The number of hydrogen-bond acceptors (Lipinski definition) is 5. The zero-order valence-corrected chi connectivity index (χ0v) is 18.1. The second kappa shape index (κ2) is 8.42. The van der Waals surface area contributed by atoms with Gasteiger partial charge in [0.05, 0.1) is 5.56 Å². The molecule has 30 heavy (non-hydrogen) atoms. The summed E-state index contributed by atoms with van der Waals surface area (Å²) in [5, 5.41) is 2.54. The molecule has 5 nitrogen and oxygen atoms in total. The van der Waals surface area contributed by atoms with Gasteiger partial charge in [0.15, 0.2) is 10.7 Å². The van der Waals surface area contributed by atoms with Gasteiger partial charge >= 0.3 is 0 Å². The molecule has 0 unspecified atom stereocenters. The van der Waals surface area contributed by atoms with Gasteiger partial charge in [0.1, 0.15) is 6.61 Å². The molecule has 2 aromatic carbocycles. The van der Waals surface area contributed by atoms with Crippen LogP contribution >= 0.6 is 22.9 Å². The van der Waals surface area contributed by atoms with Crippen LogP contribution in [0.3, 0.4) is 0 Å². The number of hydrogen-bond donors (Lipinski definition) is 0. The van der Waals surface area contributed by atoms with Gasteiger partial charge in [0.2, 0.25) is 5.88 Å². The van der Waals surface area contributed by atoms with Crippen LogP contribution in [0, 0.1) is 6.92 Å². The summed E-state index contributed by atoms with van der Waals surface area (Å²) in [5.41, 5.74) is 3.37. The van der Waals surface area contributed by atoms with Gasteiger partial charge in [-0.3, -0.25) is 14.0 Å². The highest BCUT2D eigenvalue weighted by atomic mass is 35.5. The van der Waals surface area contributed by atoms with Crippen LogP contribution in [0.15, 0.2) is 58.7 Å². The minimum atomic E-state index is -0.1000. The van der Waals surface area contributed by atoms with Crippen LogP contribution in [-0.2, 0) is 13.0 Å². The van der Waals surface area contributed by atoms with Crippen LogP contribution in [0.4, 0.5) is 0 Å². The van der Waals surface area contributed by atoms with E-state index in [1.54, 1.807) is 47.7 Å². The van der Waals surface area contributed by atoms with E-state index in [0.717, 1.165) is 17.7 Å². The van der Waals surface area contributed by atoms with Gasteiger partial charge in [-0.15, -0.1) is 11.3 Å². The largest absolute Gasteiger partial charge is 0.472 e. The van der Waals surface area contributed by atoms with E-state index < -0.39 is 0 Å². The molecular weight excluding hydrogens is 420 g/mol. The molecule has 0 bridgehead atoms. The molecule has 4 aromatic rings. The predicted molar refractivity (Wildman–Crippen MR) is 119 cm³/mol. The summed E-state index contributed by atoms with van der Waals surface area (Å²) in [4.78, 5) is 30.4. The normalized spacial score (nSPS) is 11.0. The van der Waals surface area contributed by atoms with E-state index in [9.17, 15) is 9.59 Å². The van der Waals surface area contributed by atoms with E-state index in [4.69, 9.17) is 16.3 Å². The van der Waals surface area contributed by atoms with Gasteiger partial charge in [0.25, 0.3) is 5.56 Å². The summed E-state index contributed by atoms with van der Waals surface area (Å²) in [6.07, 6.45) is 0.766. The van der Waals surface area contributed by atoms with Crippen molar-refractivity contribution in [2.75, 3.05) is 0 Å². The Kier molecular flexibility index (Phi) is 5.70. The predicted octanol–water partition coefficient (Wildman–Crippen LogP) is 5.09. The number of aromatic nitrogens is 2. The summed E-state index contributed by atoms with van der Waals surface area (Å²) < 4.78 is 7.48. The van der Waals surface area contributed by atoms with E-state index in [2.05, 4.69) is 4.98 Å². The van der Waals surface area contributed by atoms with Crippen LogP contribution in [0.25, 0.3) is 4.96 Å². The maximum atomic E-state index is 12.7. The molecule has 152 valence electrons. The Labute approximate surface area is 182 Å². The molecule has 0 N–H and O–H groups in total. The zero-order chi connectivity index (χ0) is 21.3. The molecule has 7 heteroatoms. The molecule has 0 spiro atoms. The van der Waals surface area contributed by atoms with Crippen molar-refractivity contribution < 1.29 is 9.53 Å². The number of ether oxygens (including phenoxy) is 1. The second-order valence-electron chi connectivity index (χ2n) is 6.87. The van der Waals surface area contributed by atoms with Gasteiger partial charge in [-0.2, -0.15) is 4.98 Å². The molecule has 0 aliphatic rings. The number of halogens is 1. The topological polar surface area (TPSA) is 60.7 Å². The van der Waals surface area contributed by atoms with E-state index in [1.807, 2.05) is 24.4 Å². The SMILES string of the molecule is CCc1csc2nc(OCc3ccc(C(=O)c4ccc(Cl)cc4)cc3)c(C)c(=O)n12. The quantitative estimate of drug-likeness (QED) is 0.393. The average Bonchev–Trinajstić information content (AvgIpc) is 3.19. The van der Waals surface area contributed by atoms with Crippen molar-refractivity contribution in [2.24, 2.45) is 0 Å². The molecular formula is C23H19ClN2O3S. The number of nitrogens with zero attached hydrogens (tertiary/aromatic N) is 2. The standard InChI is InChI=1S/C23H19ClN2O3S/c1-3-19-13-30-23-25-21(14(2)22(28)26(19)23)29-12-15-4-6-16(7-5-15)20(27)17-8-10-18(24)11-9-17/h4-11,13H,3,12H2,1-2H3. The highest BCUT2D eigenvalue weighted by Gasteiger charge is 2.14. The van der Waals surface area contributed by atoms with Crippen LogP contribution in [0.5, 0.6) is 5.88 Å². The van der Waals surface area contributed by atoms with Crippen molar-refractivity contribution in [1.82, 2.24) is 9.38 Å². The number of carbonyl (C=O) groups is 1. The molecule has 0 radical (unpaired) electrons. The number of fused-ring (bicyclic) bond motifs is 1. The van der Waals surface area contributed by atoms with Gasteiger partial charge in [0, 0.05) is 27.2 Å². The molecule has 0 fully saturated rings. The summed E-state index contributed by atoms with van der Waals surface area (Å²) in [7, 11) is 0. The summed E-state index contributed by atoms with van der Waals surface area (Å²) in [6, 6.07) is 14.0. The lowest BCUT2D eigenvalue weighted by Crippen LogP contribution is -2.19. The van der Waals surface area contributed by atoms with Crippen molar-refractivity contribution in [3.8, 4) is 5.88 Å². The van der Waals surface area contributed by atoms with Crippen LogP contribution in [0.1, 0.15) is 39.7 Å². The highest BCUT2D eigenvalue weighted by molar-refractivity contribution is 7.15. The number of carbonyl (C=O) groups excluding carboxylic acids is 1. The molecule has 2 heterocycles. The van der Waals surface area contributed by atoms with Crippen molar-refractivity contribution in [2.45, 2.75) is 26.9 Å². The first-order chi connectivity index (χ1) is 14.5. The van der Waals surface area contributed by atoms with Gasteiger partial charge in [-0.05, 0) is 43.2 Å². The molecule has 0 aliphatic carbocycles. The maximum absolute atomic E-state index is 12.7. The summed E-state index contributed by atoms with van der Waals surface area (Å²) >= 11 is 7.31. The maximum Gasteiger partial charge on any atom is 0.265 e. The Morgan fingerprint density at radius 2 is 1.73 bits per heavy atom. The molecule has 0 atom stereocenters. The van der Waals surface area contributed by atoms with Crippen LogP contribution in [0.2, 0.25) is 5.02 Å². The monoisotopic (exact) mass is 438 g/mol. The van der Waals surface area contributed by atoms with E-state index in [1.165, 1.54) is 11.3 Å². The van der Waals surface area contributed by atoms with Crippen molar-refractivity contribution in [1.29, 1.82) is 0 Å². The highest BCUT2D eigenvalue weighted by Crippen LogP contribution is 2.20. The van der Waals surface area contributed by atoms with E-state index >= 15 is 0 Å². The van der Waals surface area contributed by atoms with E-state index in [0.29, 0.717) is 32.6 Å². The van der Waals surface area contributed by atoms with Crippen LogP contribution in [-0.4, -0.2) is 15.2 Å². The Morgan fingerprint density at radius 3 is 2.37 bits per heavy atom. The lowest BCUT2D eigenvalue weighted by atomic mass is 10.0. The summed E-state index contributed by atoms with van der Waals surface area (Å²) in [6.45, 7) is 3.99. The Hall–Kier alpha value is -2.96. The minimum absolute atomic E-state index is 0.0699. The molecule has 2 aromatic heterocycles. The lowest BCUT2D eigenvalue weighted by molar-refractivity contribution is 0.103. The zero-order valence-electron chi connectivity index (χ0n) is 16.5. The Balaban J connectivity index is 1.50. The first kappa shape index (κ1) is 20.3. The third-order valence-corrected chi connectivity index (χ3v) is 6.01. The fraction of sp³-hybridized carbons (Fsp3) is 0.174. The van der Waals surface area contributed by atoms with Crippen molar-refractivity contribution in [3.63, 3.8) is 0 Å². The molecule has 0 saturated heterocycles. The van der Waals surface area contributed by atoms with E-state index in [-0.39, 0.29) is 17.9 Å². The molecule has 4 rings (SSSR count). The number of thiazole rings is 1. The van der Waals surface area contributed by atoms with Gasteiger partial charge < -0.3 is 4.74 Å². The first-order valence-electron chi connectivity index (χ1n) is 9.49. The van der Waals surface area contributed by atoms with Crippen molar-refractivity contribution in [3.05, 3.63) is 97.2 Å². The molecule has 0 aliphatic heterocycles. The third-order valence-electron chi connectivity index (χ3n) is 4.88. The Morgan fingerprint density at radius 1 is 1.10 bits per heavy atom. The number of ketones is 1. The number of aryl methyl sites for hydroxylation is 1. The molecule has 0 saturated carbocycles. The second-order valence-corrected chi connectivity index (χ2v) is 8.14. The van der Waals surface area contributed by atoms with Gasteiger partial charge in [-0.1, -0.05) is 42.8 Å². The molecule has 0 amide bonds. The first-order valence-corrected chi connectivity index (χ1v) is 10.8.